The highest BCUT2D eigenvalue weighted by atomic mass is 127. The second kappa shape index (κ2) is 6.21. The summed E-state index contributed by atoms with van der Waals surface area (Å²) in [4.78, 5) is 11.3. The van der Waals surface area contributed by atoms with Crippen molar-refractivity contribution >= 4 is 28.6 Å². The van der Waals surface area contributed by atoms with Crippen molar-refractivity contribution in [2.24, 2.45) is 0 Å². The molecule has 17 heavy (non-hydrogen) atoms. The molecule has 7 heteroatoms. The predicted molar refractivity (Wildman–Crippen MR) is 64.9 cm³/mol. The maximum Gasteiger partial charge on any atom is 0.417 e. The van der Waals surface area contributed by atoms with E-state index in [0.717, 1.165) is 0 Å². The third-order valence-corrected chi connectivity index (χ3v) is 3.62. The number of aliphatic hydroxyl groups is 1. The van der Waals surface area contributed by atoms with Crippen LogP contribution in [0.5, 0.6) is 0 Å². The van der Waals surface area contributed by atoms with Gasteiger partial charge in [0.2, 0.25) is 0 Å². The highest BCUT2D eigenvalue weighted by molar-refractivity contribution is 14.1. The molecule has 0 radical (unpaired) electrons. The zero-order valence-corrected chi connectivity index (χ0v) is 12.0. The van der Waals surface area contributed by atoms with Gasteiger partial charge in [-0.3, -0.25) is 4.79 Å². The van der Waals surface area contributed by atoms with Gasteiger partial charge in [-0.1, -0.05) is 29.5 Å². The van der Waals surface area contributed by atoms with E-state index in [-0.39, 0.29) is 3.92 Å². The highest BCUT2D eigenvalue weighted by Gasteiger charge is 2.50. The van der Waals surface area contributed by atoms with Gasteiger partial charge in [0.15, 0.2) is 5.60 Å². The Balaban J connectivity index is 4.37. The molecule has 0 spiro atoms. The van der Waals surface area contributed by atoms with Crippen LogP contribution in [0.2, 0.25) is 0 Å². The van der Waals surface area contributed by atoms with Crippen molar-refractivity contribution in [2.45, 2.75) is 55.4 Å². The lowest BCUT2D eigenvalue weighted by Gasteiger charge is -2.29. The maximum absolute atomic E-state index is 12.4. The Morgan fingerprint density at radius 3 is 2.29 bits per heavy atom. The van der Waals surface area contributed by atoms with Gasteiger partial charge >= 0.3 is 12.1 Å². The Labute approximate surface area is 112 Å². The van der Waals surface area contributed by atoms with Crippen molar-refractivity contribution in [1.29, 1.82) is 0 Å². The molecule has 3 atom stereocenters. The quantitative estimate of drug-likeness (QED) is 0.461. The number of hydrogen-bond acceptors (Lipinski definition) is 3. The Morgan fingerprint density at radius 1 is 1.47 bits per heavy atom. The first-order valence-electron chi connectivity index (χ1n) is 5.15. The molecule has 0 aliphatic rings. The third-order valence-electron chi connectivity index (χ3n) is 2.23. The molecule has 0 amide bonds. The summed E-state index contributed by atoms with van der Waals surface area (Å²) in [5.41, 5.74) is -2.85. The zero-order valence-electron chi connectivity index (χ0n) is 9.84. The summed E-state index contributed by atoms with van der Waals surface area (Å²) in [5.74, 6) is -0.557. The van der Waals surface area contributed by atoms with Crippen LogP contribution in [0.4, 0.5) is 13.2 Å². The Kier molecular flexibility index (Phi) is 6.20. The van der Waals surface area contributed by atoms with Gasteiger partial charge in [0.05, 0.1) is 0 Å². The topological polar surface area (TPSA) is 46.5 Å². The molecule has 0 aliphatic carbocycles. The summed E-state index contributed by atoms with van der Waals surface area (Å²) in [5, 5.41) is 9.21. The Morgan fingerprint density at radius 2 is 1.94 bits per heavy atom. The number of alkyl halides is 4. The minimum absolute atomic E-state index is 0.383. The molecule has 0 heterocycles. The average molecular weight is 368 g/mol. The molecule has 0 fully saturated rings. The molecule has 0 saturated carbocycles. The van der Waals surface area contributed by atoms with Gasteiger partial charge in [0.25, 0.3) is 0 Å². The van der Waals surface area contributed by atoms with Crippen LogP contribution in [-0.4, -0.2) is 32.9 Å². The Bertz CT molecular complexity index is 266. The van der Waals surface area contributed by atoms with Gasteiger partial charge in [-0.15, -0.1) is 0 Å². The Hall–Kier alpha value is -0.0500. The van der Waals surface area contributed by atoms with Gasteiger partial charge in [-0.25, -0.2) is 0 Å². The number of esters is 1. The lowest BCUT2D eigenvalue weighted by molar-refractivity contribution is -0.261. The van der Waals surface area contributed by atoms with E-state index in [1.54, 1.807) is 6.92 Å². The van der Waals surface area contributed by atoms with E-state index in [1.807, 2.05) is 22.6 Å². The van der Waals surface area contributed by atoms with Crippen LogP contribution < -0.4 is 0 Å². The number of hydrogen-bond donors (Lipinski definition) is 1. The van der Waals surface area contributed by atoms with Gasteiger partial charge in [0, 0.05) is 6.42 Å². The maximum atomic E-state index is 12.4. The highest BCUT2D eigenvalue weighted by Crippen LogP contribution is 2.34. The smallest absolute Gasteiger partial charge is 0.417 e. The lowest BCUT2D eigenvalue weighted by Crippen LogP contribution is -2.45. The van der Waals surface area contributed by atoms with E-state index in [4.69, 9.17) is 4.74 Å². The fourth-order valence-corrected chi connectivity index (χ4v) is 1.30. The zero-order chi connectivity index (χ0) is 13.9. The molecule has 3 unspecified atom stereocenters. The standard InChI is InChI=1S/C10H16F3IO3/c1-4-7(14)8(15)17-6(2)5-9(3,16)10(11,12)13/h6-7,16H,4-5H2,1-3H3. The molecular formula is C10H16F3IO3. The SMILES string of the molecule is CCC(I)C(=O)OC(C)CC(C)(O)C(F)(F)F. The first kappa shape index (κ1) is 16.9. The van der Waals surface area contributed by atoms with E-state index in [2.05, 4.69) is 0 Å². The summed E-state index contributed by atoms with van der Waals surface area (Å²) in [6, 6.07) is 0. The number of ether oxygens (including phenoxy) is 1. The number of halogens is 4. The second-order valence-electron chi connectivity index (χ2n) is 4.10. The molecule has 1 N–H and O–H groups in total. The molecule has 0 aliphatic heterocycles. The van der Waals surface area contributed by atoms with Crippen LogP contribution >= 0.6 is 22.6 Å². The second-order valence-corrected chi connectivity index (χ2v) is 5.60. The summed E-state index contributed by atoms with van der Waals surface area (Å²) < 4.78 is 41.5. The van der Waals surface area contributed by atoms with Crippen LogP contribution in [0.15, 0.2) is 0 Å². The fraction of sp³-hybridized carbons (Fsp3) is 0.900. The molecule has 0 aromatic rings. The largest absolute Gasteiger partial charge is 0.462 e. The van der Waals surface area contributed by atoms with Crippen LogP contribution in [0.25, 0.3) is 0 Å². The average Bonchev–Trinajstić information content (AvgIpc) is 2.13. The number of carbonyl (C=O) groups is 1. The lowest BCUT2D eigenvalue weighted by atomic mass is 9.98. The van der Waals surface area contributed by atoms with Crippen LogP contribution in [0, 0.1) is 0 Å². The summed E-state index contributed by atoms with van der Waals surface area (Å²) in [6.45, 7) is 3.77. The van der Waals surface area contributed by atoms with Crippen LogP contribution in [0.1, 0.15) is 33.6 Å². The molecule has 0 aromatic carbocycles. The minimum Gasteiger partial charge on any atom is -0.462 e. The molecule has 3 nitrogen and oxygen atoms in total. The first-order valence-corrected chi connectivity index (χ1v) is 6.39. The van der Waals surface area contributed by atoms with E-state index >= 15 is 0 Å². The van der Waals surface area contributed by atoms with E-state index in [0.29, 0.717) is 13.3 Å². The van der Waals surface area contributed by atoms with Gasteiger partial charge in [-0.05, 0) is 20.3 Å². The van der Waals surface area contributed by atoms with Crippen LogP contribution in [0.3, 0.4) is 0 Å². The van der Waals surface area contributed by atoms with Crippen molar-refractivity contribution in [3.8, 4) is 0 Å². The molecule has 0 bridgehead atoms. The summed E-state index contributed by atoms with van der Waals surface area (Å²) in [7, 11) is 0. The third kappa shape index (κ3) is 5.41. The number of rotatable bonds is 5. The number of carbonyl (C=O) groups excluding carboxylic acids is 1. The fourth-order valence-electron chi connectivity index (χ4n) is 1.16. The normalized spacial score (nSPS) is 19.3. The van der Waals surface area contributed by atoms with Crippen molar-refractivity contribution in [1.82, 2.24) is 0 Å². The minimum atomic E-state index is -4.73. The van der Waals surface area contributed by atoms with Crippen molar-refractivity contribution in [3.05, 3.63) is 0 Å². The van der Waals surface area contributed by atoms with E-state index < -0.39 is 30.3 Å². The van der Waals surface area contributed by atoms with E-state index in [9.17, 15) is 23.1 Å². The summed E-state index contributed by atoms with van der Waals surface area (Å²) >= 11 is 1.86. The first-order chi connectivity index (χ1) is 7.51. The summed E-state index contributed by atoms with van der Waals surface area (Å²) in [6.07, 6.45) is -5.85. The van der Waals surface area contributed by atoms with Crippen molar-refractivity contribution in [3.63, 3.8) is 0 Å². The molecule has 0 aromatic heterocycles. The predicted octanol–water partition coefficient (Wildman–Crippen LogP) is 2.84. The molecule has 0 saturated heterocycles. The van der Waals surface area contributed by atoms with Crippen molar-refractivity contribution < 1.29 is 27.8 Å². The van der Waals surface area contributed by atoms with Gasteiger partial charge < -0.3 is 9.84 Å². The van der Waals surface area contributed by atoms with E-state index in [1.165, 1.54) is 6.92 Å². The molecule has 102 valence electrons. The molecule has 0 rings (SSSR count). The van der Waals surface area contributed by atoms with Crippen molar-refractivity contribution in [2.75, 3.05) is 0 Å². The van der Waals surface area contributed by atoms with Crippen LogP contribution in [-0.2, 0) is 9.53 Å². The van der Waals surface area contributed by atoms with Gasteiger partial charge in [0.1, 0.15) is 10.0 Å². The van der Waals surface area contributed by atoms with Gasteiger partial charge in [-0.2, -0.15) is 13.2 Å². The monoisotopic (exact) mass is 368 g/mol. The molecular weight excluding hydrogens is 352 g/mol.